The predicted octanol–water partition coefficient (Wildman–Crippen LogP) is 2.70. The highest BCUT2D eigenvalue weighted by atomic mass is 16.5. The third-order valence-corrected chi connectivity index (χ3v) is 4.03. The molecule has 0 aliphatic heterocycles. The predicted molar refractivity (Wildman–Crippen MR) is 104 cm³/mol. The van der Waals surface area contributed by atoms with Crippen molar-refractivity contribution < 1.29 is 14.3 Å². The Morgan fingerprint density at radius 3 is 2.54 bits per heavy atom. The van der Waals surface area contributed by atoms with Crippen molar-refractivity contribution in [1.29, 1.82) is 0 Å². The van der Waals surface area contributed by atoms with Gasteiger partial charge < -0.3 is 14.8 Å². The molecule has 3 aromatic rings. The van der Waals surface area contributed by atoms with Gasteiger partial charge in [0.05, 0.1) is 24.6 Å². The second-order valence-electron chi connectivity index (χ2n) is 6.49. The van der Waals surface area contributed by atoms with Crippen molar-refractivity contribution in [2.45, 2.75) is 33.4 Å². The van der Waals surface area contributed by atoms with Crippen molar-refractivity contribution in [3.8, 4) is 17.3 Å². The van der Waals surface area contributed by atoms with Gasteiger partial charge in [0.25, 0.3) is 5.91 Å². The van der Waals surface area contributed by atoms with E-state index in [2.05, 4.69) is 20.6 Å². The van der Waals surface area contributed by atoms with Gasteiger partial charge in [0.2, 0.25) is 5.88 Å². The molecule has 0 spiro atoms. The first-order chi connectivity index (χ1) is 13.5. The minimum Gasteiger partial charge on any atom is -0.497 e. The zero-order valence-electron chi connectivity index (χ0n) is 16.3. The maximum absolute atomic E-state index is 12.5. The standard InChI is InChI=1S/C20H23N5O3/c1-13(2)28-18-10-5-15(11-21-18)12-22-20(26)19-14(3)25(24-23-19)16-6-8-17(27-4)9-7-16/h5-11,13H,12H2,1-4H3,(H,22,26). The van der Waals surface area contributed by atoms with Crippen LogP contribution >= 0.6 is 0 Å². The number of hydrogen-bond acceptors (Lipinski definition) is 6. The second-order valence-corrected chi connectivity index (χ2v) is 6.49. The van der Waals surface area contributed by atoms with Crippen LogP contribution in [0.15, 0.2) is 42.6 Å². The molecule has 28 heavy (non-hydrogen) atoms. The fraction of sp³-hybridized carbons (Fsp3) is 0.300. The van der Waals surface area contributed by atoms with Crippen molar-refractivity contribution in [2.24, 2.45) is 0 Å². The lowest BCUT2D eigenvalue weighted by Gasteiger charge is -2.09. The molecule has 3 rings (SSSR count). The van der Waals surface area contributed by atoms with Gasteiger partial charge in [-0.05, 0) is 50.6 Å². The normalized spacial score (nSPS) is 10.8. The lowest BCUT2D eigenvalue weighted by atomic mass is 10.2. The Hall–Kier alpha value is -3.42. The molecule has 0 fully saturated rings. The number of amides is 1. The van der Waals surface area contributed by atoms with Gasteiger partial charge in [0.1, 0.15) is 5.75 Å². The van der Waals surface area contributed by atoms with Crippen molar-refractivity contribution in [2.75, 3.05) is 7.11 Å². The average Bonchev–Trinajstić information content (AvgIpc) is 3.08. The van der Waals surface area contributed by atoms with E-state index in [0.717, 1.165) is 17.0 Å². The van der Waals surface area contributed by atoms with E-state index in [1.165, 1.54) is 0 Å². The van der Waals surface area contributed by atoms with Crippen molar-refractivity contribution in [3.63, 3.8) is 0 Å². The molecule has 8 nitrogen and oxygen atoms in total. The van der Waals surface area contributed by atoms with Gasteiger partial charge in [-0.1, -0.05) is 11.3 Å². The molecule has 1 aromatic carbocycles. The lowest BCUT2D eigenvalue weighted by Crippen LogP contribution is -2.24. The number of nitrogens with one attached hydrogen (secondary N) is 1. The summed E-state index contributed by atoms with van der Waals surface area (Å²) in [7, 11) is 1.61. The fourth-order valence-corrected chi connectivity index (χ4v) is 2.60. The molecular weight excluding hydrogens is 358 g/mol. The zero-order valence-corrected chi connectivity index (χ0v) is 16.3. The molecule has 2 aromatic heterocycles. The van der Waals surface area contributed by atoms with Crippen LogP contribution in [-0.2, 0) is 6.54 Å². The van der Waals surface area contributed by atoms with Crippen LogP contribution in [-0.4, -0.2) is 39.1 Å². The average molecular weight is 381 g/mol. The molecule has 0 atom stereocenters. The maximum Gasteiger partial charge on any atom is 0.274 e. The molecule has 0 unspecified atom stereocenters. The number of nitrogens with zero attached hydrogens (tertiary/aromatic N) is 4. The molecular formula is C20H23N5O3. The van der Waals surface area contributed by atoms with Crippen LogP contribution in [0.1, 0.15) is 35.6 Å². The van der Waals surface area contributed by atoms with E-state index in [1.807, 2.05) is 44.2 Å². The van der Waals surface area contributed by atoms with Gasteiger partial charge in [-0.3, -0.25) is 4.79 Å². The van der Waals surface area contributed by atoms with Gasteiger partial charge in [-0.2, -0.15) is 0 Å². The first-order valence-corrected chi connectivity index (χ1v) is 8.94. The molecule has 1 amide bonds. The van der Waals surface area contributed by atoms with E-state index in [4.69, 9.17) is 9.47 Å². The number of ether oxygens (including phenoxy) is 2. The molecule has 0 aliphatic rings. The van der Waals surface area contributed by atoms with Gasteiger partial charge in [0.15, 0.2) is 5.69 Å². The maximum atomic E-state index is 12.5. The molecule has 146 valence electrons. The summed E-state index contributed by atoms with van der Waals surface area (Å²) >= 11 is 0. The first kappa shape index (κ1) is 19.3. The number of carbonyl (C=O) groups excluding carboxylic acids is 1. The van der Waals surface area contributed by atoms with Crippen LogP contribution < -0.4 is 14.8 Å². The molecule has 2 heterocycles. The topological polar surface area (TPSA) is 91.2 Å². The van der Waals surface area contributed by atoms with Crippen molar-refractivity contribution in [1.82, 2.24) is 25.3 Å². The van der Waals surface area contributed by atoms with E-state index in [-0.39, 0.29) is 17.7 Å². The van der Waals surface area contributed by atoms with Gasteiger partial charge >= 0.3 is 0 Å². The third-order valence-electron chi connectivity index (χ3n) is 4.03. The lowest BCUT2D eigenvalue weighted by molar-refractivity contribution is 0.0945. The smallest absolute Gasteiger partial charge is 0.274 e. The largest absolute Gasteiger partial charge is 0.497 e. The molecule has 0 bridgehead atoms. The third kappa shape index (κ3) is 4.46. The number of aromatic nitrogens is 4. The van der Waals surface area contributed by atoms with E-state index in [1.54, 1.807) is 31.0 Å². The highest BCUT2D eigenvalue weighted by Crippen LogP contribution is 2.17. The fourth-order valence-electron chi connectivity index (χ4n) is 2.60. The van der Waals surface area contributed by atoms with Crippen LogP contribution in [0.3, 0.4) is 0 Å². The van der Waals surface area contributed by atoms with E-state index in [0.29, 0.717) is 18.1 Å². The van der Waals surface area contributed by atoms with Crippen LogP contribution in [0.5, 0.6) is 11.6 Å². The van der Waals surface area contributed by atoms with E-state index in [9.17, 15) is 4.79 Å². The summed E-state index contributed by atoms with van der Waals surface area (Å²) in [5.41, 5.74) is 2.60. The molecule has 0 saturated carbocycles. The van der Waals surface area contributed by atoms with Crippen molar-refractivity contribution >= 4 is 5.91 Å². The van der Waals surface area contributed by atoms with Crippen LogP contribution in [0.2, 0.25) is 0 Å². The van der Waals surface area contributed by atoms with Crippen molar-refractivity contribution in [3.05, 3.63) is 59.5 Å². The Bertz CT molecular complexity index is 933. The highest BCUT2D eigenvalue weighted by molar-refractivity contribution is 5.93. The summed E-state index contributed by atoms with van der Waals surface area (Å²) < 4.78 is 12.3. The van der Waals surface area contributed by atoms with Gasteiger partial charge in [-0.15, -0.1) is 5.10 Å². The van der Waals surface area contributed by atoms with Gasteiger partial charge in [-0.25, -0.2) is 9.67 Å². The molecule has 0 radical (unpaired) electrons. The van der Waals surface area contributed by atoms with E-state index < -0.39 is 0 Å². The van der Waals surface area contributed by atoms with Crippen LogP contribution in [0.4, 0.5) is 0 Å². The number of pyridine rings is 1. The number of hydrogen-bond donors (Lipinski definition) is 1. The first-order valence-electron chi connectivity index (χ1n) is 8.94. The summed E-state index contributed by atoms with van der Waals surface area (Å²) in [5.74, 6) is 1.01. The Balaban J connectivity index is 1.65. The Morgan fingerprint density at radius 2 is 1.93 bits per heavy atom. The molecule has 0 aliphatic carbocycles. The monoisotopic (exact) mass is 381 g/mol. The Labute approximate surface area is 163 Å². The van der Waals surface area contributed by atoms with Crippen LogP contribution in [0.25, 0.3) is 5.69 Å². The molecule has 8 heteroatoms. The minimum atomic E-state index is -0.292. The number of benzene rings is 1. The van der Waals surface area contributed by atoms with Gasteiger partial charge in [0, 0.05) is 18.8 Å². The van der Waals surface area contributed by atoms with Crippen LogP contribution in [0, 0.1) is 6.92 Å². The Kier molecular flexibility index (Phi) is 5.88. The summed E-state index contributed by atoms with van der Waals surface area (Å²) in [6.45, 7) is 6.02. The second kappa shape index (κ2) is 8.51. The summed E-state index contributed by atoms with van der Waals surface area (Å²) in [4.78, 5) is 16.7. The number of carbonyl (C=O) groups is 1. The number of rotatable bonds is 7. The highest BCUT2D eigenvalue weighted by Gasteiger charge is 2.17. The minimum absolute atomic E-state index is 0.0642. The number of methoxy groups -OCH3 is 1. The molecule has 0 saturated heterocycles. The molecule has 1 N–H and O–H groups in total. The SMILES string of the molecule is COc1ccc(-n2nnc(C(=O)NCc3ccc(OC(C)C)nc3)c2C)cc1. The zero-order chi connectivity index (χ0) is 20.1. The summed E-state index contributed by atoms with van der Waals surface area (Å²) in [6, 6.07) is 11.0. The Morgan fingerprint density at radius 1 is 1.18 bits per heavy atom. The van der Waals surface area contributed by atoms with E-state index >= 15 is 0 Å². The summed E-state index contributed by atoms with van der Waals surface area (Å²) in [5, 5.41) is 11.0. The quantitative estimate of drug-likeness (QED) is 0.677. The summed E-state index contributed by atoms with van der Waals surface area (Å²) in [6.07, 6.45) is 1.74.